The Morgan fingerprint density at radius 1 is 1.11 bits per heavy atom. The van der Waals surface area contributed by atoms with Crippen LogP contribution in [0.15, 0.2) is 5.38 Å². The molecule has 1 aromatic rings. The molecule has 3 rings (SSSR count). The van der Waals surface area contributed by atoms with E-state index in [0.717, 1.165) is 30.3 Å². The van der Waals surface area contributed by atoms with Crippen LogP contribution >= 0.6 is 11.3 Å². The number of aromatic nitrogens is 1. The maximum Gasteiger partial charge on any atom is 0.229 e. The molecule has 0 aliphatic carbocycles. The first-order valence-corrected chi connectivity index (χ1v) is 10.4. The van der Waals surface area contributed by atoms with Gasteiger partial charge in [0.15, 0.2) is 0 Å². The second-order valence-corrected chi connectivity index (χ2v) is 9.10. The fraction of sp³-hybridized carbons (Fsp3) is 0.684. The first-order valence-electron chi connectivity index (χ1n) is 9.52. The quantitative estimate of drug-likeness (QED) is 0.712. The van der Waals surface area contributed by atoms with Crippen LogP contribution in [0.25, 0.3) is 0 Å². The molecule has 0 bridgehead atoms. The number of hydrogen-bond acceptors (Lipinski definition) is 6. The largest absolute Gasteiger partial charge is 0.340 e. The van der Waals surface area contributed by atoms with E-state index in [-0.39, 0.29) is 48.9 Å². The molecule has 3 heterocycles. The van der Waals surface area contributed by atoms with Crippen LogP contribution in [-0.2, 0) is 26.3 Å². The lowest BCUT2D eigenvalue weighted by Gasteiger charge is -2.34. The topological polar surface area (TPSA) is 73.8 Å². The van der Waals surface area contributed by atoms with Crippen LogP contribution in [-0.4, -0.2) is 70.1 Å². The van der Waals surface area contributed by atoms with Crippen LogP contribution in [0.3, 0.4) is 0 Å². The average molecular weight is 393 g/mol. The van der Waals surface area contributed by atoms with Gasteiger partial charge in [-0.1, -0.05) is 20.8 Å². The van der Waals surface area contributed by atoms with E-state index in [0.29, 0.717) is 13.1 Å². The molecule has 8 heteroatoms. The van der Waals surface area contributed by atoms with E-state index < -0.39 is 0 Å². The lowest BCUT2D eigenvalue weighted by atomic mass is 9.98. The van der Waals surface area contributed by atoms with Crippen LogP contribution in [0.4, 0.5) is 0 Å². The highest BCUT2D eigenvalue weighted by molar-refractivity contribution is 7.09. The molecular formula is C19H28N4O3S. The number of piperazine rings is 1. The van der Waals surface area contributed by atoms with Crippen molar-refractivity contribution < 1.29 is 14.4 Å². The molecule has 2 fully saturated rings. The molecule has 0 spiro atoms. The summed E-state index contributed by atoms with van der Waals surface area (Å²) in [6.45, 7) is 10.5. The molecule has 0 aromatic carbocycles. The molecule has 0 saturated carbocycles. The van der Waals surface area contributed by atoms with Crippen molar-refractivity contribution in [3.63, 3.8) is 0 Å². The third kappa shape index (κ3) is 4.93. The van der Waals surface area contributed by atoms with E-state index in [1.165, 1.54) is 4.90 Å². The monoisotopic (exact) mass is 392 g/mol. The molecule has 7 nitrogen and oxygen atoms in total. The van der Waals surface area contributed by atoms with E-state index in [1.54, 1.807) is 11.3 Å². The molecule has 2 saturated heterocycles. The standard InChI is InChI=1S/C19H28N4O3S/c1-19(2,3)18-20-14(13-27-18)12-21-8-10-22(11-9-21)15(24)6-7-23-16(25)4-5-17(23)26/h13H,4-12H2,1-3H3. The average Bonchev–Trinajstić information content (AvgIpc) is 3.21. The first kappa shape index (κ1) is 19.9. The van der Waals surface area contributed by atoms with Crippen LogP contribution in [0.2, 0.25) is 0 Å². The third-order valence-electron chi connectivity index (χ3n) is 5.01. The maximum absolute atomic E-state index is 12.4. The van der Waals surface area contributed by atoms with Crippen molar-refractivity contribution >= 4 is 29.1 Å². The van der Waals surface area contributed by atoms with Gasteiger partial charge in [-0.3, -0.25) is 24.2 Å². The normalized spacial score (nSPS) is 19.2. The Morgan fingerprint density at radius 2 is 1.74 bits per heavy atom. The summed E-state index contributed by atoms with van der Waals surface area (Å²) in [5, 5.41) is 3.28. The summed E-state index contributed by atoms with van der Waals surface area (Å²) in [6, 6.07) is 0. The minimum absolute atomic E-state index is 0.0193. The van der Waals surface area contributed by atoms with Crippen molar-refractivity contribution in [2.24, 2.45) is 0 Å². The number of hydrogen-bond donors (Lipinski definition) is 0. The van der Waals surface area contributed by atoms with E-state index in [9.17, 15) is 14.4 Å². The highest BCUT2D eigenvalue weighted by Gasteiger charge is 2.30. The Morgan fingerprint density at radius 3 is 2.30 bits per heavy atom. The van der Waals surface area contributed by atoms with Gasteiger partial charge in [0.1, 0.15) is 0 Å². The van der Waals surface area contributed by atoms with Crippen LogP contribution in [0.1, 0.15) is 50.7 Å². The van der Waals surface area contributed by atoms with E-state index in [4.69, 9.17) is 4.98 Å². The fourth-order valence-electron chi connectivity index (χ4n) is 3.35. The molecule has 2 aliphatic heterocycles. The predicted octanol–water partition coefficient (Wildman–Crippen LogP) is 1.62. The number of imide groups is 1. The fourth-order valence-corrected chi connectivity index (χ4v) is 4.24. The highest BCUT2D eigenvalue weighted by Crippen LogP contribution is 2.26. The molecule has 0 atom stereocenters. The molecule has 27 heavy (non-hydrogen) atoms. The Balaban J connectivity index is 1.43. The Kier molecular flexibility index (Phi) is 5.95. The molecular weight excluding hydrogens is 364 g/mol. The minimum atomic E-state index is -0.157. The Hall–Kier alpha value is -1.80. The smallest absolute Gasteiger partial charge is 0.229 e. The molecule has 1 aromatic heterocycles. The zero-order valence-corrected chi connectivity index (χ0v) is 17.2. The van der Waals surface area contributed by atoms with Gasteiger partial charge in [-0.15, -0.1) is 11.3 Å². The number of thiazole rings is 1. The van der Waals surface area contributed by atoms with E-state index >= 15 is 0 Å². The first-order chi connectivity index (χ1) is 12.7. The number of rotatable bonds is 5. The van der Waals surface area contributed by atoms with Crippen molar-refractivity contribution in [3.8, 4) is 0 Å². The van der Waals surface area contributed by atoms with Crippen molar-refractivity contribution in [1.29, 1.82) is 0 Å². The molecule has 0 radical (unpaired) electrons. The summed E-state index contributed by atoms with van der Waals surface area (Å²) in [5.41, 5.74) is 1.17. The van der Waals surface area contributed by atoms with E-state index in [1.807, 2.05) is 4.90 Å². The summed E-state index contributed by atoms with van der Waals surface area (Å²) in [4.78, 5) is 45.8. The number of amides is 3. The summed E-state index contributed by atoms with van der Waals surface area (Å²) >= 11 is 1.71. The molecule has 148 valence electrons. The number of likely N-dealkylation sites (tertiary alicyclic amines) is 1. The van der Waals surface area contributed by atoms with Gasteiger partial charge in [0, 0.05) is 69.3 Å². The van der Waals surface area contributed by atoms with Gasteiger partial charge >= 0.3 is 0 Å². The number of carbonyl (C=O) groups excluding carboxylic acids is 3. The zero-order valence-electron chi connectivity index (χ0n) is 16.4. The minimum Gasteiger partial charge on any atom is -0.340 e. The van der Waals surface area contributed by atoms with Gasteiger partial charge in [0.25, 0.3) is 0 Å². The van der Waals surface area contributed by atoms with Gasteiger partial charge in [0.2, 0.25) is 17.7 Å². The summed E-state index contributed by atoms with van der Waals surface area (Å²) in [7, 11) is 0. The van der Waals surface area contributed by atoms with Gasteiger partial charge in [0.05, 0.1) is 10.7 Å². The molecule has 3 amide bonds. The van der Waals surface area contributed by atoms with Crippen LogP contribution in [0, 0.1) is 0 Å². The lowest BCUT2D eigenvalue weighted by Crippen LogP contribution is -2.49. The predicted molar refractivity (Wildman–Crippen MR) is 103 cm³/mol. The SMILES string of the molecule is CC(C)(C)c1nc(CN2CCN(C(=O)CCN3C(=O)CCC3=O)CC2)cs1. The third-order valence-corrected chi connectivity index (χ3v) is 6.32. The Bertz CT molecular complexity index is 701. The van der Waals surface area contributed by atoms with Gasteiger partial charge in [-0.05, 0) is 0 Å². The number of carbonyl (C=O) groups is 3. The van der Waals surface area contributed by atoms with Crippen LogP contribution < -0.4 is 0 Å². The van der Waals surface area contributed by atoms with Crippen LogP contribution in [0.5, 0.6) is 0 Å². The van der Waals surface area contributed by atoms with Crippen molar-refractivity contribution in [2.75, 3.05) is 32.7 Å². The van der Waals surface area contributed by atoms with Crippen molar-refractivity contribution in [2.45, 2.75) is 52.0 Å². The van der Waals surface area contributed by atoms with Crippen molar-refractivity contribution in [1.82, 2.24) is 19.7 Å². The highest BCUT2D eigenvalue weighted by atomic mass is 32.1. The van der Waals surface area contributed by atoms with E-state index in [2.05, 4.69) is 31.1 Å². The lowest BCUT2D eigenvalue weighted by molar-refractivity contribution is -0.139. The van der Waals surface area contributed by atoms with Crippen molar-refractivity contribution in [3.05, 3.63) is 16.1 Å². The van der Waals surface area contributed by atoms with Gasteiger partial charge < -0.3 is 4.90 Å². The second kappa shape index (κ2) is 8.06. The summed E-state index contributed by atoms with van der Waals surface area (Å²) < 4.78 is 0. The summed E-state index contributed by atoms with van der Waals surface area (Å²) in [5.74, 6) is -0.295. The molecule has 0 unspecified atom stereocenters. The molecule has 2 aliphatic rings. The maximum atomic E-state index is 12.4. The second-order valence-electron chi connectivity index (χ2n) is 8.24. The van der Waals surface area contributed by atoms with Gasteiger partial charge in [-0.2, -0.15) is 0 Å². The zero-order chi connectivity index (χ0) is 19.6. The number of nitrogens with zero attached hydrogens (tertiary/aromatic N) is 4. The van der Waals surface area contributed by atoms with Gasteiger partial charge in [-0.25, -0.2) is 4.98 Å². The molecule has 0 N–H and O–H groups in total. The Labute approximate surface area is 164 Å². The summed E-state index contributed by atoms with van der Waals surface area (Å²) in [6.07, 6.45) is 0.775.